The lowest BCUT2D eigenvalue weighted by Gasteiger charge is -2.11. The largest absolute Gasteiger partial charge is 0.340 e. The van der Waals surface area contributed by atoms with Crippen LogP contribution in [-0.2, 0) is 0 Å². The molecule has 5 heteroatoms. The number of hydrogen-bond donors (Lipinski definition) is 2. The second kappa shape index (κ2) is 7.30. The van der Waals surface area contributed by atoms with E-state index in [0.717, 1.165) is 5.69 Å². The van der Waals surface area contributed by atoms with Crippen molar-refractivity contribution in [1.82, 2.24) is 9.97 Å². The van der Waals surface area contributed by atoms with Gasteiger partial charge in [-0.05, 0) is 48.7 Å². The number of anilines is 4. The van der Waals surface area contributed by atoms with Crippen LogP contribution in [-0.4, -0.2) is 9.97 Å². The Morgan fingerprint density at radius 1 is 0.840 bits per heavy atom. The second-order valence-electron chi connectivity index (χ2n) is 6.22. The molecule has 2 N–H and O–H groups in total. The molecular formula is C20H21FN4. The minimum absolute atomic E-state index is 0.292. The van der Waals surface area contributed by atoms with Crippen LogP contribution in [0.4, 0.5) is 27.4 Å². The maximum atomic E-state index is 13.3. The second-order valence-corrected chi connectivity index (χ2v) is 6.22. The van der Waals surface area contributed by atoms with E-state index in [-0.39, 0.29) is 5.82 Å². The van der Waals surface area contributed by atoms with Gasteiger partial charge in [0.05, 0.1) is 0 Å². The standard InChI is InChI=1S/C20H21FN4/c1-13(2)15-7-9-17(10-8-15)24-19-12-20(23-14(3)22-19)25-18-6-4-5-16(21)11-18/h4-13H,1-3H3,(H2,22,23,24,25). The van der Waals surface area contributed by atoms with Crippen molar-refractivity contribution in [2.24, 2.45) is 0 Å². The van der Waals surface area contributed by atoms with Crippen molar-refractivity contribution in [3.8, 4) is 0 Å². The van der Waals surface area contributed by atoms with Crippen molar-refractivity contribution in [3.05, 3.63) is 71.8 Å². The van der Waals surface area contributed by atoms with E-state index in [2.05, 4.69) is 46.6 Å². The fraction of sp³-hybridized carbons (Fsp3) is 0.200. The Hall–Kier alpha value is -2.95. The van der Waals surface area contributed by atoms with Crippen LogP contribution in [0.15, 0.2) is 54.6 Å². The third kappa shape index (κ3) is 4.53. The van der Waals surface area contributed by atoms with Gasteiger partial charge < -0.3 is 10.6 Å². The Kier molecular flexibility index (Phi) is 4.93. The summed E-state index contributed by atoms with van der Waals surface area (Å²) >= 11 is 0. The number of halogens is 1. The monoisotopic (exact) mass is 336 g/mol. The van der Waals surface area contributed by atoms with Crippen LogP contribution in [0.3, 0.4) is 0 Å². The first kappa shape index (κ1) is 16.9. The summed E-state index contributed by atoms with van der Waals surface area (Å²) in [5, 5.41) is 6.39. The van der Waals surface area contributed by atoms with E-state index in [1.54, 1.807) is 18.2 Å². The van der Waals surface area contributed by atoms with Gasteiger partial charge >= 0.3 is 0 Å². The van der Waals surface area contributed by atoms with E-state index in [9.17, 15) is 4.39 Å². The van der Waals surface area contributed by atoms with Crippen molar-refractivity contribution >= 4 is 23.0 Å². The Morgan fingerprint density at radius 3 is 2.08 bits per heavy atom. The van der Waals surface area contributed by atoms with Crippen LogP contribution in [0.1, 0.15) is 31.2 Å². The van der Waals surface area contributed by atoms with Crippen molar-refractivity contribution < 1.29 is 4.39 Å². The minimum Gasteiger partial charge on any atom is -0.340 e. The molecule has 0 saturated carbocycles. The third-order valence-electron chi connectivity index (χ3n) is 3.78. The molecule has 4 nitrogen and oxygen atoms in total. The van der Waals surface area contributed by atoms with Crippen LogP contribution in [0.25, 0.3) is 0 Å². The highest BCUT2D eigenvalue weighted by Crippen LogP contribution is 2.22. The van der Waals surface area contributed by atoms with Crippen LogP contribution < -0.4 is 10.6 Å². The summed E-state index contributed by atoms with van der Waals surface area (Å²) in [7, 11) is 0. The number of aryl methyl sites for hydroxylation is 1. The summed E-state index contributed by atoms with van der Waals surface area (Å²) in [6.07, 6.45) is 0. The minimum atomic E-state index is -0.292. The van der Waals surface area contributed by atoms with E-state index in [1.807, 2.05) is 19.1 Å². The highest BCUT2D eigenvalue weighted by atomic mass is 19.1. The molecule has 0 fully saturated rings. The number of benzene rings is 2. The molecule has 3 aromatic rings. The lowest BCUT2D eigenvalue weighted by atomic mass is 10.0. The van der Waals surface area contributed by atoms with Gasteiger partial charge in [0, 0.05) is 17.4 Å². The average Bonchev–Trinajstić information content (AvgIpc) is 2.54. The predicted octanol–water partition coefficient (Wildman–Crippen LogP) is 5.53. The van der Waals surface area contributed by atoms with E-state index in [1.165, 1.54) is 17.7 Å². The van der Waals surface area contributed by atoms with Crippen molar-refractivity contribution in [1.29, 1.82) is 0 Å². The van der Waals surface area contributed by atoms with Gasteiger partial charge in [-0.2, -0.15) is 0 Å². The summed E-state index contributed by atoms with van der Waals surface area (Å²) in [5.74, 6) is 2.13. The van der Waals surface area contributed by atoms with Gasteiger partial charge in [0.15, 0.2) is 0 Å². The van der Waals surface area contributed by atoms with Gasteiger partial charge in [-0.1, -0.05) is 32.0 Å². The SMILES string of the molecule is Cc1nc(Nc2ccc(C(C)C)cc2)cc(Nc2cccc(F)c2)n1. The molecule has 0 aliphatic heterocycles. The van der Waals surface area contributed by atoms with Crippen LogP contribution >= 0.6 is 0 Å². The first-order chi connectivity index (χ1) is 12.0. The fourth-order valence-corrected chi connectivity index (χ4v) is 2.51. The molecule has 0 atom stereocenters. The van der Waals surface area contributed by atoms with E-state index >= 15 is 0 Å². The lowest BCUT2D eigenvalue weighted by molar-refractivity contribution is 0.628. The van der Waals surface area contributed by atoms with Gasteiger partial charge in [0.25, 0.3) is 0 Å². The Morgan fingerprint density at radius 2 is 1.48 bits per heavy atom. The van der Waals surface area contributed by atoms with Crippen LogP contribution in [0.2, 0.25) is 0 Å². The van der Waals surface area contributed by atoms with E-state index in [0.29, 0.717) is 29.1 Å². The normalized spacial score (nSPS) is 10.8. The smallest absolute Gasteiger partial charge is 0.136 e. The van der Waals surface area contributed by atoms with Crippen LogP contribution in [0, 0.1) is 12.7 Å². The van der Waals surface area contributed by atoms with Gasteiger partial charge in [0.1, 0.15) is 23.3 Å². The zero-order valence-electron chi connectivity index (χ0n) is 14.5. The molecule has 25 heavy (non-hydrogen) atoms. The summed E-state index contributed by atoms with van der Waals surface area (Å²) in [5.41, 5.74) is 2.89. The zero-order valence-corrected chi connectivity index (χ0v) is 14.5. The average molecular weight is 336 g/mol. The van der Waals surface area contributed by atoms with Crippen molar-refractivity contribution in [2.75, 3.05) is 10.6 Å². The van der Waals surface area contributed by atoms with Gasteiger partial charge in [-0.3, -0.25) is 0 Å². The molecule has 0 aliphatic rings. The summed E-state index contributed by atoms with van der Waals surface area (Å²) in [6, 6.07) is 16.4. The van der Waals surface area contributed by atoms with Gasteiger partial charge in [-0.25, -0.2) is 14.4 Å². The van der Waals surface area contributed by atoms with Gasteiger partial charge in [0.2, 0.25) is 0 Å². The van der Waals surface area contributed by atoms with Crippen LogP contribution in [0.5, 0.6) is 0 Å². The predicted molar refractivity (Wildman–Crippen MR) is 100 cm³/mol. The number of nitrogens with zero attached hydrogens (tertiary/aromatic N) is 2. The maximum Gasteiger partial charge on any atom is 0.136 e. The number of aromatic nitrogens is 2. The molecule has 2 aromatic carbocycles. The molecular weight excluding hydrogens is 315 g/mol. The Labute approximate surface area is 147 Å². The highest BCUT2D eigenvalue weighted by Gasteiger charge is 2.05. The third-order valence-corrected chi connectivity index (χ3v) is 3.78. The quantitative estimate of drug-likeness (QED) is 0.643. The molecule has 0 spiro atoms. The summed E-state index contributed by atoms with van der Waals surface area (Å²) in [6.45, 7) is 6.16. The zero-order chi connectivity index (χ0) is 17.8. The molecule has 1 heterocycles. The number of nitrogens with one attached hydrogen (secondary N) is 2. The fourth-order valence-electron chi connectivity index (χ4n) is 2.51. The first-order valence-corrected chi connectivity index (χ1v) is 8.25. The molecule has 128 valence electrons. The molecule has 0 saturated heterocycles. The van der Waals surface area contributed by atoms with Crippen molar-refractivity contribution in [2.45, 2.75) is 26.7 Å². The Bertz CT molecular complexity index is 860. The molecule has 0 unspecified atom stereocenters. The van der Waals surface area contributed by atoms with Gasteiger partial charge in [-0.15, -0.1) is 0 Å². The summed E-state index contributed by atoms with van der Waals surface area (Å²) < 4.78 is 13.3. The number of rotatable bonds is 5. The van der Waals surface area contributed by atoms with Crippen molar-refractivity contribution in [3.63, 3.8) is 0 Å². The first-order valence-electron chi connectivity index (χ1n) is 8.25. The molecule has 1 aromatic heterocycles. The molecule has 0 radical (unpaired) electrons. The maximum absolute atomic E-state index is 13.3. The Balaban J connectivity index is 1.79. The van der Waals surface area contributed by atoms with E-state index < -0.39 is 0 Å². The summed E-state index contributed by atoms with van der Waals surface area (Å²) in [4.78, 5) is 8.76. The molecule has 0 aliphatic carbocycles. The van der Waals surface area contributed by atoms with E-state index in [4.69, 9.17) is 0 Å². The highest BCUT2D eigenvalue weighted by molar-refractivity contribution is 5.63. The number of hydrogen-bond acceptors (Lipinski definition) is 4. The topological polar surface area (TPSA) is 49.8 Å². The lowest BCUT2D eigenvalue weighted by Crippen LogP contribution is -2.01. The molecule has 0 bridgehead atoms. The molecule has 0 amide bonds. The molecule has 3 rings (SSSR count).